The molecule has 3 aromatic rings. The summed E-state index contributed by atoms with van der Waals surface area (Å²) in [5.41, 5.74) is 1.10. The first kappa shape index (κ1) is 22.5. The number of ether oxygens (including phenoxy) is 1. The van der Waals surface area contributed by atoms with E-state index in [-0.39, 0.29) is 0 Å². The van der Waals surface area contributed by atoms with Gasteiger partial charge in [0.15, 0.2) is 0 Å². The van der Waals surface area contributed by atoms with E-state index >= 15 is 0 Å². The van der Waals surface area contributed by atoms with Crippen LogP contribution in [0, 0.1) is 5.92 Å². The summed E-state index contributed by atoms with van der Waals surface area (Å²) in [7, 11) is 0. The van der Waals surface area contributed by atoms with Gasteiger partial charge in [-0.05, 0) is 43.5 Å². The maximum Gasteiger partial charge on any atom is 0.212 e. The number of nitrogens with zero attached hydrogens (tertiary/aromatic N) is 3. The number of carbonyl (C=O) groups is 1. The molecule has 0 unspecified atom stereocenters. The number of benzene rings is 1. The van der Waals surface area contributed by atoms with E-state index in [1.54, 1.807) is 22.0 Å². The standard InChI is InChI=1S/C17H21N3OS.C7H12O/c1-2-3-4-5-6-13-21-15-9-7-14(8-10-15)16-19-20-12-11-18-17(20)22-16;8-6-7-4-2-1-3-5-7/h7-12H,2-6,13H2,1H3;6-7H,1-5H2. The summed E-state index contributed by atoms with van der Waals surface area (Å²) < 4.78 is 7.59. The lowest BCUT2D eigenvalue weighted by Crippen LogP contribution is -2.06. The Morgan fingerprint density at radius 1 is 1.10 bits per heavy atom. The lowest BCUT2D eigenvalue weighted by Gasteiger charge is -2.14. The first-order valence-corrected chi connectivity index (χ1v) is 12.1. The van der Waals surface area contributed by atoms with Gasteiger partial charge in [-0.3, -0.25) is 0 Å². The van der Waals surface area contributed by atoms with Gasteiger partial charge >= 0.3 is 0 Å². The van der Waals surface area contributed by atoms with E-state index in [2.05, 4.69) is 29.1 Å². The molecule has 30 heavy (non-hydrogen) atoms. The highest BCUT2D eigenvalue weighted by Crippen LogP contribution is 2.26. The van der Waals surface area contributed by atoms with Crippen LogP contribution in [0.3, 0.4) is 0 Å². The average molecular weight is 428 g/mol. The first-order chi connectivity index (χ1) is 14.8. The number of hydrogen-bond acceptors (Lipinski definition) is 5. The number of aromatic nitrogens is 3. The van der Waals surface area contributed by atoms with Gasteiger partial charge in [0.25, 0.3) is 0 Å². The minimum absolute atomic E-state index is 0.406. The second-order valence-corrected chi connectivity index (χ2v) is 8.84. The van der Waals surface area contributed by atoms with E-state index in [0.29, 0.717) is 5.92 Å². The quantitative estimate of drug-likeness (QED) is 0.286. The molecule has 1 aliphatic rings. The van der Waals surface area contributed by atoms with Crippen molar-refractivity contribution in [1.29, 1.82) is 0 Å². The molecular formula is C24H33N3O2S. The van der Waals surface area contributed by atoms with Crippen molar-refractivity contribution in [3.63, 3.8) is 0 Å². The molecule has 2 aromatic heterocycles. The van der Waals surface area contributed by atoms with Crippen molar-refractivity contribution in [3.8, 4) is 16.3 Å². The molecule has 0 N–H and O–H groups in total. The molecule has 1 saturated carbocycles. The molecule has 0 bridgehead atoms. The van der Waals surface area contributed by atoms with Gasteiger partial charge in [0.1, 0.15) is 17.0 Å². The maximum atomic E-state index is 10.2. The highest BCUT2D eigenvalue weighted by Gasteiger charge is 2.10. The molecule has 1 fully saturated rings. The van der Waals surface area contributed by atoms with Gasteiger partial charge in [-0.15, -0.1) is 0 Å². The lowest BCUT2D eigenvalue weighted by molar-refractivity contribution is -0.111. The van der Waals surface area contributed by atoms with E-state index in [0.717, 1.165) is 53.4 Å². The fourth-order valence-corrected chi connectivity index (χ4v) is 4.48. The van der Waals surface area contributed by atoms with E-state index in [4.69, 9.17) is 4.74 Å². The Bertz CT molecular complexity index is 838. The van der Waals surface area contributed by atoms with E-state index in [1.807, 2.05) is 18.3 Å². The third-order valence-corrected chi connectivity index (χ3v) is 6.42. The third kappa shape index (κ3) is 6.94. The number of fused-ring (bicyclic) bond motifs is 1. The van der Waals surface area contributed by atoms with Crippen molar-refractivity contribution in [2.75, 3.05) is 6.61 Å². The molecule has 1 aliphatic carbocycles. The second-order valence-electron chi connectivity index (χ2n) is 7.88. The van der Waals surface area contributed by atoms with E-state index in [1.165, 1.54) is 44.9 Å². The summed E-state index contributed by atoms with van der Waals surface area (Å²) in [5, 5.41) is 5.49. The minimum atomic E-state index is 0.406. The highest BCUT2D eigenvalue weighted by atomic mass is 32.1. The summed E-state index contributed by atoms with van der Waals surface area (Å²) in [6.07, 6.45) is 17.2. The molecule has 4 rings (SSSR count). The van der Waals surface area contributed by atoms with Crippen LogP contribution in [0.2, 0.25) is 0 Å². The molecule has 162 valence electrons. The average Bonchev–Trinajstić information content (AvgIpc) is 3.40. The fourth-order valence-electron chi connectivity index (χ4n) is 3.61. The number of unbranched alkanes of at least 4 members (excludes halogenated alkanes) is 4. The van der Waals surface area contributed by atoms with Crippen LogP contribution in [0.5, 0.6) is 5.75 Å². The summed E-state index contributed by atoms with van der Waals surface area (Å²) >= 11 is 1.59. The number of hydrogen-bond donors (Lipinski definition) is 0. The van der Waals surface area contributed by atoms with Gasteiger partial charge in [0.2, 0.25) is 4.96 Å². The number of carbonyl (C=O) groups excluding carboxylic acids is 1. The van der Waals surface area contributed by atoms with Crippen molar-refractivity contribution >= 4 is 22.6 Å². The largest absolute Gasteiger partial charge is 0.494 e. The zero-order valence-electron chi connectivity index (χ0n) is 18.0. The molecular weight excluding hydrogens is 394 g/mol. The molecule has 2 heterocycles. The Labute approximate surface area is 183 Å². The lowest BCUT2D eigenvalue weighted by atomic mass is 9.91. The van der Waals surface area contributed by atoms with Crippen molar-refractivity contribution < 1.29 is 9.53 Å². The highest BCUT2D eigenvalue weighted by molar-refractivity contribution is 7.19. The Hall–Kier alpha value is -2.21. The Morgan fingerprint density at radius 3 is 2.53 bits per heavy atom. The monoisotopic (exact) mass is 427 g/mol. The van der Waals surface area contributed by atoms with Gasteiger partial charge in [-0.25, -0.2) is 9.50 Å². The molecule has 0 aliphatic heterocycles. The predicted octanol–water partition coefficient (Wildman–Crippen LogP) is 6.57. The Kier molecular flexibility index (Phi) is 9.35. The van der Waals surface area contributed by atoms with Crippen molar-refractivity contribution in [2.45, 2.75) is 71.1 Å². The van der Waals surface area contributed by atoms with Gasteiger partial charge in [0.05, 0.1) is 12.8 Å². The Morgan fingerprint density at radius 2 is 1.87 bits per heavy atom. The fraction of sp³-hybridized carbons (Fsp3) is 0.542. The van der Waals surface area contributed by atoms with Crippen LogP contribution in [0.25, 0.3) is 15.5 Å². The first-order valence-electron chi connectivity index (χ1n) is 11.3. The van der Waals surface area contributed by atoms with Gasteiger partial charge in [-0.2, -0.15) is 5.10 Å². The SMILES string of the molecule is CCCCCCCOc1ccc(-c2nn3ccnc3s2)cc1.O=CC1CCCCC1. The normalized spacial score (nSPS) is 14.3. The zero-order chi connectivity index (χ0) is 21.0. The van der Waals surface area contributed by atoms with Crippen LogP contribution in [0.1, 0.15) is 71.1 Å². The van der Waals surface area contributed by atoms with Crippen molar-refractivity contribution in [2.24, 2.45) is 5.92 Å². The summed E-state index contributed by atoms with van der Waals surface area (Å²) in [5.74, 6) is 1.34. The molecule has 0 saturated heterocycles. The number of aldehydes is 1. The van der Waals surface area contributed by atoms with Crippen LogP contribution in [0.15, 0.2) is 36.7 Å². The molecule has 0 amide bonds. The summed E-state index contributed by atoms with van der Waals surface area (Å²) in [4.78, 5) is 15.3. The molecule has 5 nitrogen and oxygen atoms in total. The van der Waals surface area contributed by atoms with E-state index < -0.39 is 0 Å². The number of imidazole rings is 1. The molecule has 1 aromatic carbocycles. The maximum absolute atomic E-state index is 10.2. The summed E-state index contributed by atoms with van der Waals surface area (Å²) in [6.45, 7) is 3.03. The summed E-state index contributed by atoms with van der Waals surface area (Å²) in [6, 6.07) is 8.16. The molecule has 0 spiro atoms. The molecule has 6 heteroatoms. The predicted molar refractivity (Wildman–Crippen MR) is 123 cm³/mol. The second kappa shape index (κ2) is 12.5. The van der Waals surface area contributed by atoms with Crippen molar-refractivity contribution in [3.05, 3.63) is 36.7 Å². The van der Waals surface area contributed by atoms with Crippen LogP contribution in [-0.2, 0) is 4.79 Å². The van der Waals surface area contributed by atoms with E-state index in [9.17, 15) is 4.79 Å². The van der Waals surface area contributed by atoms with Crippen molar-refractivity contribution in [1.82, 2.24) is 14.6 Å². The number of rotatable bonds is 9. The smallest absolute Gasteiger partial charge is 0.212 e. The van der Waals surface area contributed by atoms with Gasteiger partial charge < -0.3 is 9.53 Å². The molecule has 0 radical (unpaired) electrons. The Balaban J connectivity index is 0.000000269. The minimum Gasteiger partial charge on any atom is -0.494 e. The van der Waals surface area contributed by atoms with Gasteiger partial charge in [-0.1, -0.05) is 63.2 Å². The third-order valence-electron chi connectivity index (χ3n) is 5.44. The van der Waals surface area contributed by atoms with Crippen LogP contribution < -0.4 is 4.74 Å². The van der Waals surface area contributed by atoms with Crippen LogP contribution in [-0.4, -0.2) is 27.5 Å². The zero-order valence-corrected chi connectivity index (χ0v) is 18.8. The van der Waals surface area contributed by atoms with Crippen LogP contribution >= 0.6 is 11.3 Å². The van der Waals surface area contributed by atoms with Crippen LogP contribution in [0.4, 0.5) is 0 Å². The van der Waals surface area contributed by atoms with Gasteiger partial charge in [0, 0.05) is 17.7 Å². The topological polar surface area (TPSA) is 56.5 Å². The molecule has 0 atom stereocenters.